The van der Waals surface area contributed by atoms with Gasteiger partial charge in [0.1, 0.15) is 5.75 Å². The number of nitrogens with zero attached hydrogens (tertiary/aromatic N) is 2. The highest BCUT2D eigenvalue weighted by Crippen LogP contribution is 2.23. The van der Waals surface area contributed by atoms with Crippen LogP contribution in [-0.4, -0.2) is 54.7 Å². The van der Waals surface area contributed by atoms with E-state index < -0.39 is 0 Å². The van der Waals surface area contributed by atoms with Crippen LogP contribution in [0, 0.1) is 5.92 Å². The Hall–Kier alpha value is -1.96. The van der Waals surface area contributed by atoms with Crippen molar-refractivity contribution in [1.82, 2.24) is 15.2 Å². The van der Waals surface area contributed by atoms with E-state index in [1.165, 1.54) is 0 Å². The molecule has 28 heavy (non-hydrogen) atoms. The largest absolute Gasteiger partial charge is 0.439 e. The lowest BCUT2D eigenvalue weighted by Gasteiger charge is -2.36. The van der Waals surface area contributed by atoms with Crippen molar-refractivity contribution in [1.29, 1.82) is 0 Å². The molecule has 0 radical (unpaired) electrons. The molecular weight excluding hydrogens is 422 g/mol. The summed E-state index contributed by atoms with van der Waals surface area (Å²) >= 11 is 3.41. The van der Waals surface area contributed by atoms with Gasteiger partial charge in [0.2, 0.25) is 5.88 Å². The highest BCUT2D eigenvalue weighted by molar-refractivity contribution is 9.10. The van der Waals surface area contributed by atoms with Gasteiger partial charge in [-0.2, -0.15) is 0 Å². The second-order valence-electron chi connectivity index (χ2n) is 7.11. The van der Waals surface area contributed by atoms with Crippen molar-refractivity contribution in [3.63, 3.8) is 0 Å². The first-order chi connectivity index (χ1) is 13.5. The molecule has 0 saturated carbocycles. The lowest BCUT2D eigenvalue weighted by Crippen LogP contribution is -2.51. The molecule has 3 rings (SSSR count). The fraction of sp³-hybridized carbons (Fsp3) is 0.429. The molecule has 1 aliphatic heterocycles. The maximum Gasteiger partial charge on any atom is 0.252 e. The molecule has 2 heterocycles. The summed E-state index contributed by atoms with van der Waals surface area (Å²) in [4.78, 5) is 19.2. The highest BCUT2D eigenvalue weighted by atomic mass is 79.9. The number of rotatable bonds is 7. The van der Waals surface area contributed by atoms with E-state index in [2.05, 4.69) is 45.0 Å². The number of benzene rings is 1. The Morgan fingerprint density at radius 3 is 2.71 bits per heavy atom. The molecule has 1 atom stereocenters. The molecule has 1 saturated heterocycles. The number of amides is 1. The summed E-state index contributed by atoms with van der Waals surface area (Å²) in [5, 5.41) is 3.05. The average molecular weight is 448 g/mol. The van der Waals surface area contributed by atoms with Crippen molar-refractivity contribution in [3.8, 4) is 11.6 Å². The van der Waals surface area contributed by atoms with E-state index in [0.717, 1.165) is 30.8 Å². The highest BCUT2D eigenvalue weighted by Gasteiger charge is 2.24. The zero-order chi connectivity index (χ0) is 19.9. The molecule has 1 aromatic carbocycles. The molecule has 150 valence electrons. The Labute approximate surface area is 174 Å². The number of pyridine rings is 1. The number of carbonyl (C=O) groups excluding carboxylic acids is 1. The maximum atomic E-state index is 12.5. The summed E-state index contributed by atoms with van der Waals surface area (Å²) in [5.41, 5.74) is 0.520. The van der Waals surface area contributed by atoms with E-state index >= 15 is 0 Å². The van der Waals surface area contributed by atoms with Gasteiger partial charge in [-0.1, -0.05) is 35.8 Å². The number of aromatic nitrogens is 1. The van der Waals surface area contributed by atoms with Crippen molar-refractivity contribution in [2.75, 3.05) is 32.8 Å². The molecule has 1 N–H and O–H groups in total. The van der Waals surface area contributed by atoms with E-state index in [1.807, 2.05) is 24.3 Å². The molecule has 1 amide bonds. The zero-order valence-electron chi connectivity index (χ0n) is 16.2. The summed E-state index contributed by atoms with van der Waals surface area (Å²) < 4.78 is 12.1. The van der Waals surface area contributed by atoms with Crippen LogP contribution in [0.2, 0.25) is 0 Å². The van der Waals surface area contributed by atoms with Crippen LogP contribution in [0.15, 0.2) is 47.1 Å². The van der Waals surface area contributed by atoms with Crippen molar-refractivity contribution in [2.24, 2.45) is 5.92 Å². The maximum absolute atomic E-state index is 12.5. The smallest absolute Gasteiger partial charge is 0.252 e. The Morgan fingerprint density at radius 2 is 2.07 bits per heavy atom. The summed E-state index contributed by atoms with van der Waals surface area (Å²) in [5.74, 6) is 1.45. The van der Waals surface area contributed by atoms with Crippen LogP contribution in [0.4, 0.5) is 0 Å². The second-order valence-corrected chi connectivity index (χ2v) is 8.03. The normalized spacial score (nSPS) is 16.0. The van der Waals surface area contributed by atoms with Crippen molar-refractivity contribution in [2.45, 2.75) is 19.9 Å². The molecule has 0 spiro atoms. The second kappa shape index (κ2) is 10.0. The topological polar surface area (TPSA) is 63.7 Å². The summed E-state index contributed by atoms with van der Waals surface area (Å²) in [6.45, 7) is 8.28. The summed E-state index contributed by atoms with van der Waals surface area (Å²) in [6.07, 6.45) is 1.54. The Kier molecular flexibility index (Phi) is 7.42. The number of carbonyl (C=O) groups is 1. The molecule has 2 aromatic rings. The number of hydrogen-bond donors (Lipinski definition) is 1. The number of ether oxygens (including phenoxy) is 2. The Bertz CT molecular complexity index is 777. The Balaban J connectivity index is 1.56. The predicted octanol–water partition coefficient (Wildman–Crippen LogP) is 3.72. The van der Waals surface area contributed by atoms with Gasteiger partial charge in [0.15, 0.2) is 0 Å². The summed E-state index contributed by atoms with van der Waals surface area (Å²) in [6, 6.07) is 11.3. The summed E-state index contributed by atoms with van der Waals surface area (Å²) in [7, 11) is 0. The average Bonchev–Trinajstić information content (AvgIpc) is 2.69. The lowest BCUT2D eigenvalue weighted by molar-refractivity contribution is 0.00672. The number of nitrogens with one attached hydrogen (secondary N) is 1. The fourth-order valence-corrected chi connectivity index (χ4v) is 3.60. The van der Waals surface area contributed by atoms with Gasteiger partial charge in [0.05, 0.1) is 18.8 Å². The van der Waals surface area contributed by atoms with Crippen LogP contribution in [0.3, 0.4) is 0 Å². The van der Waals surface area contributed by atoms with E-state index in [4.69, 9.17) is 9.47 Å². The first kappa shape index (κ1) is 20.8. The standard InChI is InChI=1S/C21H26BrN3O3/c1-15(2)19(25-8-10-27-11-9-25)14-24-21(26)16-6-7-20(23-13-16)28-18-5-3-4-17(22)12-18/h3-7,12-13,15,19H,8-11,14H2,1-2H3,(H,24,26). The van der Waals surface area contributed by atoms with Crippen molar-refractivity contribution in [3.05, 3.63) is 52.6 Å². The van der Waals surface area contributed by atoms with Crippen LogP contribution in [0.1, 0.15) is 24.2 Å². The SMILES string of the molecule is CC(C)C(CNC(=O)c1ccc(Oc2cccc(Br)c2)nc1)N1CCOCC1. The third kappa shape index (κ3) is 5.77. The van der Waals surface area contributed by atoms with Crippen LogP contribution in [-0.2, 0) is 4.74 Å². The minimum absolute atomic E-state index is 0.125. The van der Waals surface area contributed by atoms with E-state index in [1.54, 1.807) is 18.3 Å². The van der Waals surface area contributed by atoms with Gasteiger partial charge < -0.3 is 14.8 Å². The predicted molar refractivity (Wildman–Crippen MR) is 112 cm³/mol. The molecule has 6 nitrogen and oxygen atoms in total. The zero-order valence-corrected chi connectivity index (χ0v) is 17.8. The van der Waals surface area contributed by atoms with Gasteiger partial charge in [-0.3, -0.25) is 9.69 Å². The molecule has 1 unspecified atom stereocenters. The molecule has 0 aliphatic carbocycles. The van der Waals surface area contributed by atoms with Crippen LogP contribution in [0.5, 0.6) is 11.6 Å². The molecule has 1 aliphatic rings. The quantitative estimate of drug-likeness (QED) is 0.700. The van der Waals surface area contributed by atoms with E-state index in [-0.39, 0.29) is 5.91 Å². The molecule has 1 aromatic heterocycles. The van der Waals surface area contributed by atoms with Crippen LogP contribution >= 0.6 is 15.9 Å². The fourth-order valence-electron chi connectivity index (χ4n) is 3.22. The third-order valence-electron chi connectivity index (χ3n) is 4.77. The monoisotopic (exact) mass is 447 g/mol. The van der Waals surface area contributed by atoms with Crippen LogP contribution in [0.25, 0.3) is 0 Å². The lowest BCUT2D eigenvalue weighted by atomic mass is 10.0. The van der Waals surface area contributed by atoms with Gasteiger partial charge in [-0.25, -0.2) is 4.98 Å². The first-order valence-corrected chi connectivity index (χ1v) is 10.3. The van der Waals surface area contributed by atoms with Gasteiger partial charge in [0.25, 0.3) is 5.91 Å². The van der Waals surface area contributed by atoms with Gasteiger partial charge >= 0.3 is 0 Å². The first-order valence-electron chi connectivity index (χ1n) is 9.52. The third-order valence-corrected chi connectivity index (χ3v) is 5.27. The van der Waals surface area contributed by atoms with E-state index in [0.29, 0.717) is 35.7 Å². The van der Waals surface area contributed by atoms with Gasteiger partial charge in [0, 0.05) is 42.4 Å². The van der Waals surface area contributed by atoms with Crippen molar-refractivity contribution < 1.29 is 14.3 Å². The van der Waals surface area contributed by atoms with E-state index in [9.17, 15) is 4.79 Å². The molecule has 0 bridgehead atoms. The molecule has 7 heteroatoms. The molecule has 1 fully saturated rings. The minimum Gasteiger partial charge on any atom is -0.439 e. The van der Waals surface area contributed by atoms with Crippen LogP contribution < -0.4 is 10.1 Å². The number of morpholine rings is 1. The number of hydrogen-bond acceptors (Lipinski definition) is 5. The van der Waals surface area contributed by atoms with Gasteiger partial charge in [-0.05, 0) is 30.2 Å². The number of halogens is 1. The Morgan fingerprint density at radius 1 is 1.29 bits per heavy atom. The minimum atomic E-state index is -0.125. The molecular formula is C21H26BrN3O3. The van der Waals surface area contributed by atoms with Gasteiger partial charge in [-0.15, -0.1) is 0 Å². The van der Waals surface area contributed by atoms with Crippen molar-refractivity contribution >= 4 is 21.8 Å².